The molecular weight excluding hydrogens is 194 g/mol. The first-order chi connectivity index (χ1) is 6.16. The van der Waals surface area contributed by atoms with Crippen LogP contribution in [0.4, 0.5) is 0 Å². The highest BCUT2D eigenvalue weighted by Crippen LogP contribution is 2.13. The van der Waals surface area contributed by atoms with Gasteiger partial charge >= 0.3 is 5.76 Å². The second-order valence-corrected chi connectivity index (χ2v) is 3.35. The molecule has 1 heterocycles. The number of nitrogens with one attached hydrogen (secondary N) is 1. The molecule has 0 spiro atoms. The zero-order valence-corrected chi connectivity index (χ0v) is 7.09. The number of hydrogen-bond donors (Lipinski definition) is 1. The van der Waals surface area contributed by atoms with Crippen molar-refractivity contribution in [2.24, 2.45) is 0 Å². The summed E-state index contributed by atoms with van der Waals surface area (Å²) in [5.41, 5.74) is 0.728. The van der Waals surface area contributed by atoms with Gasteiger partial charge < -0.3 is 8.97 Å². The van der Waals surface area contributed by atoms with Gasteiger partial charge in [-0.25, -0.2) is 4.79 Å². The lowest BCUT2D eigenvalue weighted by atomic mass is 10.3. The molecule has 1 aromatic heterocycles. The number of hydrogen-bond acceptors (Lipinski definition) is 4. The van der Waals surface area contributed by atoms with E-state index in [0.29, 0.717) is 11.1 Å². The van der Waals surface area contributed by atoms with Crippen LogP contribution in [0.1, 0.15) is 0 Å². The van der Waals surface area contributed by atoms with Crippen molar-refractivity contribution in [3.8, 4) is 0 Å². The van der Waals surface area contributed by atoms with E-state index in [9.17, 15) is 13.6 Å². The molecule has 0 aliphatic rings. The SMILES string of the molecule is O=c1[nH]c2cc(S(=O)[O-])ccc2o1. The van der Waals surface area contributed by atoms with Gasteiger partial charge in [0.2, 0.25) is 0 Å². The van der Waals surface area contributed by atoms with Crippen molar-refractivity contribution in [1.82, 2.24) is 4.98 Å². The molecule has 2 rings (SSSR count). The third-order valence-corrected chi connectivity index (χ3v) is 2.22. The molecule has 0 saturated heterocycles. The molecule has 6 heteroatoms. The molecule has 1 N–H and O–H groups in total. The van der Waals surface area contributed by atoms with E-state index < -0.39 is 16.8 Å². The Labute approximate surface area is 74.7 Å². The molecule has 13 heavy (non-hydrogen) atoms. The Morgan fingerprint density at radius 1 is 1.46 bits per heavy atom. The van der Waals surface area contributed by atoms with Gasteiger partial charge in [-0.1, -0.05) is 0 Å². The first kappa shape index (κ1) is 8.21. The molecular formula is C7H4NO4S-. The standard InChI is InChI=1S/C7H5NO4S/c9-7-8-5-3-4(13(10)11)1-2-6(5)12-7/h1-3H,(H,8,9)(H,10,11)/p-1. The van der Waals surface area contributed by atoms with Crippen molar-refractivity contribution in [2.45, 2.75) is 4.90 Å². The molecule has 1 aromatic carbocycles. The van der Waals surface area contributed by atoms with Crippen molar-refractivity contribution in [1.29, 1.82) is 0 Å². The predicted molar refractivity (Wildman–Crippen MR) is 44.0 cm³/mol. The van der Waals surface area contributed by atoms with E-state index in [-0.39, 0.29) is 4.90 Å². The molecule has 0 bridgehead atoms. The second-order valence-electron chi connectivity index (χ2n) is 2.41. The minimum absolute atomic E-state index is 0.115. The van der Waals surface area contributed by atoms with Gasteiger partial charge in [0, 0.05) is 4.90 Å². The third kappa shape index (κ3) is 1.41. The molecule has 0 fully saturated rings. The highest BCUT2D eigenvalue weighted by Gasteiger charge is 2.01. The van der Waals surface area contributed by atoms with Gasteiger partial charge in [0.15, 0.2) is 5.58 Å². The number of aromatic amines is 1. The number of fused-ring (bicyclic) bond motifs is 1. The molecule has 0 aliphatic carbocycles. The average Bonchev–Trinajstić information content (AvgIpc) is 2.42. The maximum atomic E-state index is 10.7. The molecule has 0 aliphatic heterocycles. The van der Waals surface area contributed by atoms with E-state index in [1.807, 2.05) is 0 Å². The van der Waals surface area contributed by atoms with Crippen LogP contribution in [0.15, 0.2) is 32.3 Å². The van der Waals surface area contributed by atoms with Gasteiger partial charge in [0.25, 0.3) is 0 Å². The maximum Gasteiger partial charge on any atom is 0.417 e. The largest absolute Gasteiger partial charge is 0.768 e. The van der Waals surface area contributed by atoms with Crippen LogP contribution in [-0.2, 0) is 11.1 Å². The van der Waals surface area contributed by atoms with Crippen LogP contribution in [0, 0.1) is 0 Å². The highest BCUT2D eigenvalue weighted by molar-refractivity contribution is 7.79. The van der Waals surface area contributed by atoms with Gasteiger partial charge in [-0.15, -0.1) is 0 Å². The van der Waals surface area contributed by atoms with Crippen molar-refractivity contribution < 1.29 is 13.2 Å². The van der Waals surface area contributed by atoms with Crippen LogP contribution in [-0.4, -0.2) is 13.7 Å². The monoisotopic (exact) mass is 198 g/mol. The van der Waals surface area contributed by atoms with Gasteiger partial charge in [-0.05, 0) is 29.3 Å². The highest BCUT2D eigenvalue weighted by atomic mass is 32.2. The Hall–Kier alpha value is -1.40. The zero-order chi connectivity index (χ0) is 9.42. The minimum Gasteiger partial charge on any atom is -0.768 e. The van der Waals surface area contributed by atoms with Crippen LogP contribution in [0.2, 0.25) is 0 Å². The Balaban J connectivity index is 2.74. The summed E-state index contributed by atoms with van der Waals surface area (Å²) < 4.78 is 25.7. The smallest absolute Gasteiger partial charge is 0.417 e. The Morgan fingerprint density at radius 3 is 2.92 bits per heavy atom. The van der Waals surface area contributed by atoms with E-state index >= 15 is 0 Å². The Morgan fingerprint density at radius 2 is 2.23 bits per heavy atom. The van der Waals surface area contributed by atoms with Gasteiger partial charge in [0.05, 0.1) is 5.52 Å². The Kier molecular flexibility index (Phi) is 1.78. The summed E-state index contributed by atoms with van der Waals surface area (Å²) in [6, 6.07) is 4.13. The first-order valence-corrected chi connectivity index (χ1v) is 4.46. The summed E-state index contributed by atoms with van der Waals surface area (Å²) >= 11 is -2.29. The van der Waals surface area contributed by atoms with E-state index in [2.05, 4.69) is 4.98 Å². The number of H-pyrrole nitrogens is 1. The lowest BCUT2D eigenvalue weighted by Crippen LogP contribution is -1.93. The van der Waals surface area contributed by atoms with Gasteiger partial charge in [-0.3, -0.25) is 9.19 Å². The molecule has 2 aromatic rings. The molecule has 0 amide bonds. The molecule has 1 atom stereocenters. The van der Waals surface area contributed by atoms with Gasteiger partial charge in [0.1, 0.15) is 0 Å². The second kappa shape index (κ2) is 2.82. The fourth-order valence-electron chi connectivity index (χ4n) is 1.03. The van der Waals surface area contributed by atoms with Crippen LogP contribution in [0.25, 0.3) is 11.1 Å². The summed E-state index contributed by atoms with van der Waals surface area (Å²) in [6.45, 7) is 0. The first-order valence-electron chi connectivity index (χ1n) is 3.39. The molecule has 0 radical (unpaired) electrons. The van der Waals surface area contributed by atoms with E-state index in [0.717, 1.165) is 0 Å². The lowest BCUT2D eigenvalue weighted by molar-refractivity contribution is 0.537. The molecule has 1 unspecified atom stereocenters. The van der Waals surface area contributed by atoms with E-state index in [1.165, 1.54) is 18.2 Å². The number of rotatable bonds is 1. The molecule has 0 saturated carbocycles. The summed E-state index contributed by atoms with van der Waals surface area (Å²) in [6.07, 6.45) is 0. The number of oxazole rings is 1. The van der Waals surface area contributed by atoms with Crippen LogP contribution >= 0.6 is 0 Å². The molecule has 5 nitrogen and oxygen atoms in total. The summed E-state index contributed by atoms with van der Waals surface area (Å²) in [4.78, 5) is 13.2. The minimum atomic E-state index is -2.29. The number of benzene rings is 1. The zero-order valence-electron chi connectivity index (χ0n) is 6.27. The van der Waals surface area contributed by atoms with Crippen LogP contribution < -0.4 is 5.76 Å². The maximum absolute atomic E-state index is 10.7. The van der Waals surface area contributed by atoms with Crippen LogP contribution in [0.5, 0.6) is 0 Å². The summed E-state index contributed by atoms with van der Waals surface area (Å²) in [5.74, 6) is -0.594. The van der Waals surface area contributed by atoms with Crippen LogP contribution in [0.3, 0.4) is 0 Å². The third-order valence-electron chi connectivity index (χ3n) is 1.58. The van der Waals surface area contributed by atoms with Crippen molar-refractivity contribution in [3.63, 3.8) is 0 Å². The van der Waals surface area contributed by atoms with E-state index in [1.54, 1.807) is 0 Å². The summed E-state index contributed by atoms with van der Waals surface area (Å²) in [5, 5.41) is 0. The lowest BCUT2D eigenvalue weighted by Gasteiger charge is -2.02. The van der Waals surface area contributed by atoms with Crippen molar-refractivity contribution in [2.75, 3.05) is 0 Å². The number of aromatic nitrogens is 1. The summed E-state index contributed by atoms with van der Waals surface area (Å²) in [7, 11) is 0. The van der Waals surface area contributed by atoms with Crippen molar-refractivity contribution in [3.05, 3.63) is 28.7 Å². The van der Waals surface area contributed by atoms with Gasteiger partial charge in [-0.2, -0.15) is 0 Å². The molecule has 68 valence electrons. The normalized spacial score (nSPS) is 13.3. The predicted octanol–water partition coefficient (Wildman–Crippen LogP) is 0.359. The quantitative estimate of drug-likeness (QED) is 0.670. The fourth-order valence-corrected chi connectivity index (χ4v) is 1.43. The van der Waals surface area contributed by atoms with E-state index in [4.69, 9.17) is 4.42 Å². The topological polar surface area (TPSA) is 86.1 Å². The Bertz CT molecular complexity index is 527. The average molecular weight is 198 g/mol. The fraction of sp³-hybridized carbons (Fsp3) is 0. The van der Waals surface area contributed by atoms with Crippen molar-refractivity contribution >= 4 is 22.2 Å².